The van der Waals surface area contributed by atoms with E-state index < -0.39 is 0 Å². The molecule has 0 saturated heterocycles. The van der Waals surface area contributed by atoms with Crippen LogP contribution in [0.5, 0.6) is 5.75 Å². The Morgan fingerprint density at radius 1 is 1.32 bits per heavy atom. The number of rotatable bonds is 5. The Hall–Kier alpha value is -3.16. The summed E-state index contributed by atoms with van der Waals surface area (Å²) in [6.07, 6.45) is 5.55. The van der Waals surface area contributed by atoms with Gasteiger partial charge in [-0.25, -0.2) is 9.67 Å². The van der Waals surface area contributed by atoms with Gasteiger partial charge in [0.2, 0.25) is 0 Å². The maximum Gasteiger partial charge on any atom is 0.273 e. The quantitative estimate of drug-likeness (QED) is 0.759. The molecule has 8 nitrogen and oxygen atoms in total. The fourth-order valence-corrected chi connectivity index (χ4v) is 2.95. The molecule has 4 rings (SSSR count). The third-order valence-electron chi connectivity index (χ3n) is 4.30. The molecule has 3 heterocycles. The molecule has 3 aromatic rings. The van der Waals surface area contributed by atoms with E-state index in [2.05, 4.69) is 25.2 Å². The van der Waals surface area contributed by atoms with Crippen LogP contribution in [0.4, 0.5) is 0 Å². The lowest BCUT2D eigenvalue weighted by Crippen LogP contribution is -2.24. The first-order chi connectivity index (χ1) is 12.2. The number of fused-ring (bicyclic) bond motifs is 1. The van der Waals surface area contributed by atoms with Gasteiger partial charge in [-0.3, -0.25) is 4.79 Å². The molecule has 128 valence electrons. The first-order valence-corrected chi connectivity index (χ1v) is 8.13. The molecule has 0 atom stereocenters. The summed E-state index contributed by atoms with van der Waals surface area (Å²) < 4.78 is 8.85. The van der Waals surface area contributed by atoms with Crippen molar-refractivity contribution in [2.45, 2.75) is 25.9 Å². The average molecular weight is 338 g/mol. The predicted octanol–water partition coefficient (Wildman–Crippen LogP) is 1.35. The number of carbonyl (C=O) groups excluding carboxylic acids is 1. The molecule has 8 heteroatoms. The molecule has 1 aliphatic heterocycles. The van der Waals surface area contributed by atoms with Crippen LogP contribution in [0.1, 0.15) is 28.4 Å². The molecule has 0 fully saturated rings. The van der Waals surface area contributed by atoms with Crippen LogP contribution < -0.4 is 10.1 Å². The molecular formula is C17H18N6O2. The van der Waals surface area contributed by atoms with Crippen molar-refractivity contribution in [1.29, 1.82) is 0 Å². The number of nitrogens with zero attached hydrogens (tertiary/aromatic N) is 5. The van der Waals surface area contributed by atoms with Gasteiger partial charge in [0.15, 0.2) is 5.69 Å². The second-order valence-corrected chi connectivity index (χ2v) is 5.85. The van der Waals surface area contributed by atoms with Crippen LogP contribution in [0.2, 0.25) is 0 Å². The normalized spacial score (nSPS) is 12.8. The lowest BCUT2D eigenvalue weighted by atomic mass is 10.3. The summed E-state index contributed by atoms with van der Waals surface area (Å²) in [6, 6.07) is 7.36. The van der Waals surface area contributed by atoms with E-state index in [1.807, 2.05) is 30.5 Å². The highest BCUT2D eigenvalue weighted by Gasteiger charge is 2.17. The maximum absolute atomic E-state index is 12.3. The van der Waals surface area contributed by atoms with Gasteiger partial charge in [-0.2, -0.15) is 0 Å². The molecule has 0 spiro atoms. The van der Waals surface area contributed by atoms with Crippen molar-refractivity contribution >= 4 is 5.91 Å². The number of ether oxygens (including phenoxy) is 1. The molecule has 0 saturated carbocycles. The number of aromatic nitrogens is 5. The monoisotopic (exact) mass is 338 g/mol. The van der Waals surface area contributed by atoms with Gasteiger partial charge in [-0.1, -0.05) is 5.21 Å². The van der Waals surface area contributed by atoms with E-state index in [-0.39, 0.29) is 11.6 Å². The Bertz CT molecular complexity index is 896. The lowest BCUT2D eigenvalue weighted by molar-refractivity contribution is 0.0945. The van der Waals surface area contributed by atoms with Gasteiger partial charge in [-0.15, -0.1) is 5.10 Å². The van der Waals surface area contributed by atoms with Gasteiger partial charge in [0.25, 0.3) is 5.91 Å². The highest BCUT2D eigenvalue weighted by molar-refractivity contribution is 5.91. The van der Waals surface area contributed by atoms with Crippen LogP contribution in [0, 0.1) is 0 Å². The zero-order valence-corrected chi connectivity index (χ0v) is 13.8. The molecule has 0 bridgehead atoms. The van der Waals surface area contributed by atoms with E-state index in [9.17, 15) is 4.79 Å². The second kappa shape index (κ2) is 6.39. The number of methoxy groups -OCH3 is 1. The summed E-state index contributed by atoms with van der Waals surface area (Å²) in [5, 5.41) is 10.8. The number of amides is 1. The van der Waals surface area contributed by atoms with E-state index >= 15 is 0 Å². The zero-order chi connectivity index (χ0) is 17.2. The maximum atomic E-state index is 12.3. The topological polar surface area (TPSA) is 86.9 Å². The number of imidazole rings is 1. The highest BCUT2D eigenvalue weighted by atomic mass is 16.5. The number of benzene rings is 1. The fraction of sp³-hybridized carbons (Fsp3) is 0.294. The van der Waals surface area contributed by atoms with Crippen LogP contribution in [0.15, 0.2) is 36.7 Å². The highest BCUT2D eigenvalue weighted by Crippen LogP contribution is 2.16. The van der Waals surface area contributed by atoms with E-state index in [4.69, 9.17) is 4.74 Å². The number of hydrogen-bond donors (Lipinski definition) is 1. The van der Waals surface area contributed by atoms with Crippen molar-refractivity contribution in [3.05, 3.63) is 53.9 Å². The Morgan fingerprint density at radius 3 is 2.96 bits per heavy atom. The minimum atomic E-state index is -0.256. The number of hydrogen-bond acceptors (Lipinski definition) is 5. The van der Waals surface area contributed by atoms with Gasteiger partial charge in [0.05, 0.1) is 37.4 Å². The van der Waals surface area contributed by atoms with Gasteiger partial charge >= 0.3 is 0 Å². The van der Waals surface area contributed by atoms with Crippen molar-refractivity contribution in [3.63, 3.8) is 0 Å². The van der Waals surface area contributed by atoms with Crippen molar-refractivity contribution in [2.24, 2.45) is 0 Å². The third-order valence-corrected chi connectivity index (χ3v) is 4.30. The summed E-state index contributed by atoms with van der Waals surface area (Å²) in [7, 11) is 1.61. The van der Waals surface area contributed by atoms with Crippen molar-refractivity contribution < 1.29 is 9.53 Å². The van der Waals surface area contributed by atoms with E-state index in [1.165, 1.54) is 0 Å². The third kappa shape index (κ3) is 2.98. The first-order valence-electron chi connectivity index (χ1n) is 8.13. The zero-order valence-electron chi connectivity index (χ0n) is 13.8. The summed E-state index contributed by atoms with van der Waals surface area (Å²) in [6.45, 7) is 1.40. The average Bonchev–Trinajstić information content (AvgIpc) is 3.37. The van der Waals surface area contributed by atoms with Gasteiger partial charge in [0.1, 0.15) is 11.6 Å². The minimum absolute atomic E-state index is 0.256. The molecule has 2 aromatic heterocycles. The molecule has 0 radical (unpaired) electrons. The molecule has 1 aliphatic rings. The van der Waals surface area contributed by atoms with Crippen molar-refractivity contribution in [2.75, 3.05) is 7.11 Å². The van der Waals surface area contributed by atoms with Crippen LogP contribution in [-0.4, -0.2) is 37.6 Å². The smallest absolute Gasteiger partial charge is 0.273 e. The second-order valence-electron chi connectivity index (χ2n) is 5.85. The summed E-state index contributed by atoms with van der Waals surface area (Å²) in [5.74, 6) is 1.60. The predicted molar refractivity (Wildman–Crippen MR) is 89.6 cm³/mol. The van der Waals surface area contributed by atoms with Crippen LogP contribution >= 0.6 is 0 Å². The van der Waals surface area contributed by atoms with Crippen molar-refractivity contribution in [1.82, 2.24) is 29.9 Å². The van der Waals surface area contributed by atoms with Gasteiger partial charge in [-0.05, 0) is 30.7 Å². The molecule has 0 aliphatic carbocycles. The number of carbonyl (C=O) groups is 1. The van der Waals surface area contributed by atoms with Crippen molar-refractivity contribution in [3.8, 4) is 11.4 Å². The Morgan fingerprint density at radius 2 is 2.16 bits per heavy atom. The summed E-state index contributed by atoms with van der Waals surface area (Å²) in [5.41, 5.74) is 2.10. The molecule has 0 unspecified atom stereocenters. The lowest BCUT2D eigenvalue weighted by Gasteiger charge is -2.05. The SMILES string of the molecule is COc1ccc(-n2cc(C(=O)NCc3cnc4n3CCC4)nn2)cc1. The Kier molecular flexibility index (Phi) is 3.93. The minimum Gasteiger partial charge on any atom is -0.497 e. The van der Waals surface area contributed by atoms with E-state index in [0.29, 0.717) is 6.54 Å². The van der Waals surface area contributed by atoms with Gasteiger partial charge < -0.3 is 14.6 Å². The molecule has 25 heavy (non-hydrogen) atoms. The van der Waals surface area contributed by atoms with Crippen LogP contribution in [-0.2, 0) is 19.5 Å². The molecular weight excluding hydrogens is 320 g/mol. The van der Waals surface area contributed by atoms with Crippen LogP contribution in [0.3, 0.4) is 0 Å². The number of aryl methyl sites for hydroxylation is 1. The number of nitrogens with one attached hydrogen (secondary N) is 1. The summed E-state index contributed by atoms with van der Waals surface area (Å²) >= 11 is 0. The first kappa shape index (κ1) is 15.4. The fourth-order valence-electron chi connectivity index (χ4n) is 2.95. The molecule has 1 aromatic carbocycles. The summed E-state index contributed by atoms with van der Waals surface area (Å²) in [4.78, 5) is 16.7. The molecule has 1 amide bonds. The Labute approximate surface area is 144 Å². The molecule has 1 N–H and O–H groups in total. The Balaban J connectivity index is 1.43. The van der Waals surface area contributed by atoms with Gasteiger partial charge in [0, 0.05) is 13.0 Å². The van der Waals surface area contributed by atoms with E-state index in [1.54, 1.807) is 18.0 Å². The largest absolute Gasteiger partial charge is 0.497 e. The van der Waals surface area contributed by atoms with Crippen LogP contribution in [0.25, 0.3) is 5.69 Å². The standard InChI is InChI=1S/C17H18N6O2/c1-25-14-6-4-12(5-7-14)23-11-15(20-21-23)17(24)19-10-13-9-18-16-3-2-8-22(13)16/h4-7,9,11H,2-3,8,10H2,1H3,(H,19,24). The van der Waals surface area contributed by atoms with E-state index in [0.717, 1.165) is 42.3 Å².